The topological polar surface area (TPSA) is 72.0 Å². The number of alkyl halides is 3. The van der Waals surface area contributed by atoms with Crippen molar-refractivity contribution in [3.63, 3.8) is 0 Å². The molecule has 0 unspecified atom stereocenters. The van der Waals surface area contributed by atoms with Crippen molar-refractivity contribution < 1.29 is 27.4 Å². The number of halogens is 5. The number of anilines is 3. The number of nitrogens with one attached hydrogen (secondary N) is 1. The molecule has 1 saturated heterocycles. The molecule has 0 atom stereocenters. The Morgan fingerprint density at radius 1 is 0.947 bits per heavy atom. The summed E-state index contributed by atoms with van der Waals surface area (Å²) in [5.41, 5.74) is 0.111. The Kier molecular flexibility index (Phi) is 8.59. The summed E-state index contributed by atoms with van der Waals surface area (Å²) in [6.45, 7) is 2.42. The standard InChI is InChI=1S/C25H26Cl2F3N5O3/c1-34-6-8-35(9-7-34)19-5-4-15(10-18(19)25(28,29)30)33-24-31-12-16(13-32-24)38-14-17-22(26)20(36-2)11-21(37-3)23(17)27/h4-5,10-13H,6-9,14H2,1-3H3,(H,31,32,33). The van der Waals surface area contributed by atoms with Crippen LogP contribution in [0.2, 0.25) is 10.0 Å². The molecule has 204 valence electrons. The van der Waals surface area contributed by atoms with Gasteiger partial charge in [0.05, 0.1) is 42.2 Å². The van der Waals surface area contributed by atoms with Gasteiger partial charge in [-0.15, -0.1) is 0 Å². The Bertz CT molecular complexity index is 1240. The molecule has 38 heavy (non-hydrogen) atoms. The number of benzene rings is 2. The summed E-state index contributed by atoms with van der Waals surface area (Å²) >= 11 is 12.7. The second kappa shape index (κ2) is 11.7. The minimum absolute atomic E-state index is 0.0238. The summed E-state index contributed by atoms with van der Waals surface area (Å²) in [5, 5.41) is 3.38. The Morgan fingerprint density at radius 3 is 2.11 bits per heavy atom. The summed E-state index contributed by atoms with van der Waals surface area (Å²) < 4.78 is 57.9. The van der Waals surface area contributed by atoms with Gasteiger partial charge in [-0.2, -0.15) is 13.2 Å². The van der Waals surface area contributed by atoms with Crippen LogP contribution in [0.1, 0.15) is 11.1 Å². The largest absolute Gasteiger partial charge is 0.495 e. The Balaban J connectivity index is 1.47. The van der Waals surface area contributed by atoms with Crippen LogP contribution in [0, 0.1) is 0 Å². The molecule has 1 N–H and O–H groups in total. The molecule has 4 rings (SSSR count). The maximum atomic E-state index is 13.9. The van der Waals surface area contributed by atoms with Gasteiger partial charge in [-0.25, -0.2) is 9.97 Å². The van der Waals surface area contributed by atoms with Gasteiger partial charge in [0.2, 0.25) is 5.95 Å². The number of piperazine rings is 1. The number of hydrogen-bond donors (Lipinski definition) is 1. The highest BCUT2D eigenvalue weighted by atomic mass is 35.5. The number of hydrogen-bond acceptors (Lipinski definition) is 8. The van der Waals surface area contributed by atoms with E-state index in [4.69, 9.17) is 37.4 Å². The highest BCUT2D eigenvalue weighted by molar-refractivity contribution is 6.37. The Hall–Kier alpha value is -3.15. The van der Waals surface area contributed by atoms with Crippen molar-refractivity contribution >= 4 is 40.5 Å². The lowest BCUT2D eigenvalue weighted by Gasteiger charge is -2.35. The van der Waals surface area contributed by atoms with Crippen LogP contribution in [0.4, 0.5) is 30.5 Å². The fourth-order valence-electron chi connectivity index (χ4n) is 3.97. The van der Waals surface area contributed by atoms with Crippen molar-refractivity contribution in [1.82, 2.24) is 14.9 Å². The summed E-state index contributed by atoms with van der Waals surface area (Å²) in [7, 11) is 4.89. The fraction of sp³-hybridized carbons (Fsp3) is 0.360. The lowest BCUT2D eigenvalue weighted by atomic mass is 10.1. The van der Waals surface area contributed by atoms with Gasteiger partial charge in [-0.05, 0) is 25.2 Å². The average molecular weight is 572 g/mol. The molecular formula is C25H26Cl2F3N5O3. The molecular weight excluding hydrogens is 546 g/mol. The van der Waals surface area contributed by atoms with Gasteiger partial charge in [0.25, 0.3) is 0 Å². The minimum Gasteiger partial charge on any atom is -0.495 e. The van der Waals surface area contributed by atoms with E-state index >= 15 is 0 Å². The van der Waals surface area contributed by atoms with Crippen molar-refractivity contribution in [1.29, 1.82) is 0 Å². The zero-order valence-electron chi connectivity index (χ0n) is 20.9. The molecule has 0 radical (unpaired) electrons. The first-order chi connectivity index (χ1) is 18.1. The van der Waals surface area contributed by atoms with Crippen LogP contribution in [-0.4, -0.2) is 62.3 Å². The smallest absolute Gasteiger partial charge is 0.418 e. The normalized spacial score (nSPS) is 14.4. The van der Waals surface area contributed by atoms with E-state index in [1.165, 1.54) is 32.7 Å². The molecule has 0 bridgehead atoms. The Labute approximate surface area is 228 Å². The van der Waals surface area contributed by atoms with Crippen LogP contribution < -0.4 is 24.4 Å². The van der Waals surface area contributed by atoms with Crippen molar-refractivity contribution in [2.24, 2.45) is 0 Å². The monoisotopic (exact) mass is 571 g/mol. The SMILES string of the molecule is COc1cc(OC)c(Cl)c(COc2cnc(Nc3ccc(N4CCN(C)CC4)c(C(F)(F)F)c3)nc2)c1Cl. The first-order valence-corrected chi connectivity index (χ1v) is 12.3. The molecule has 1 fully saturated rings. The molecule has 8 nitrogen and oxygen atoms in total. The summed E-state index contributed by atoms with van der Waals surface area (Å²) in [6, 6.07) is 5.70. The predicted molar refractivity (Wildman–Crippen MR) is 140 cm³/mol. The van der Waals surface area contributed by atoms with Crippen LogP contribution in [0.3, 0.4) is 0 Å². The molecule has 0 saturated carbocycles. The third-order valence-electron chi connectivity index (χ3n) is 6.08. The number of aromatic nitrogens is 2. The second-order valence-corrected chi connectivity index (χ2v) is 9.32. The zero-order valence-corrected chi connectivity index (χ0v) is 22.4. The maximum absolute atomic E-state index is 13.9. The van der Waals surface area contributed by atoms with E-state index in [1.807, 2.05) is 7.05 Å². The molecule has 3 aromatic rings. The number of nitrogens with zero attached hydrogens (tertiary/aromatic N) is 4. The van der Waals surface area contributed by atoms with Gasteiger partial charge in [0, 0.05) is 49.2 Å². The number of rotatable bonds is 8. The molecule has 13 heteroatoms. The van der Waals surface area contributed by atoms with E-state index in [-0.39, 0.29) is 34.0 Å². The van der Waals surface area contributed by atoms with Gasteiger partial charge in [0.15, 0.2) is 5.75 Å². The van der Waals surface area contributed by atoms with E-state index in [9.17, 15) is 13.2 Å². The van der Waals surface area contributed by atoms with Gasteiger partial charge < -0.3 is 29.3 Å². The zero-order chi connectivity index (χ0) is 27.4. The molecule has 0 spiro atoms. The lowest BCUT2D eigenvalue weighted by molar-refractivity contribution is -0.137. The van der Waals surface area contributed by atoms with Crippen LogP contribution in [0.15, 0.2) is 36.7 Å². The van der Waals surface area contributed by atoms with E-state index in [0.717, 1.165) is 6.07 Å². The molecule has 1 aliphatic heterocycles. The average Bonchev–Trinajstić information content (AvgIpc) is 2.90. The van der Waals surface area contributed by atoms with Crippen molar-refractivity contribution in [3.05, 3.63) is 57.8 Å². The summed E-state index contributed by atoms with van der Waals surface area (Å²) in [4.78, 5) is 12.1. The third-order valence-corrected chi connectivity index (χ3v) is 6.91. The van der Waals surface area contributed by atoms with E-state index in [0.29, 0.717) is 49.0 Å². The lowest BCUT2D eigenvalue weighted by Crippen LogP contribution is -2.45. The van der Waals surface area contributed by atoms with Crippen LogP contribution in [-0.2, 0) is 12.8 Å². The number of methoxy groups -OCH3 is 2. The first-order valence-electron chi connectivity index (χ1n) is 11.6. The molecule has 2 aromatic carbocycles. The second-order valence-electron chi connectivity index (χ2n) is 8.56. The van der Waals surface area contributed by atoms with Crippen LogP contribution >= 0.6 is 23.2 Å². The van der Waals surface area contributed by atoms with Crippen molar-refractivity contribution in [3.8, 4) is 17.2 Å². The molecule has 0 amide bonds. The molecule has 1 aromatic heterocycles. The van der Waals surface area contributed by atoms with Crippen molar-refractivity contribution in [2.45, 2.75) is 12.8 Å². The predicted octanol–water partition coefficient (Wildman–Crippen LogP) is 5.89. The summed E-state index contributed by atoms with van der Waals surface area (Å²) in [5.74, 6) is 1.15. The highest BCUT2D eigenvalue weighted by Crippen LogP contribution is 2.41. The Morgan fingerprint density at radius 2 is 1.55 bits per heavy atom. The van der Waals surface area contributed by atoms with Crippen LogP contribution in [0.25, 0.3) is 0 Å². The third kappa shape index (κ3) is 6.28. The molecule has 2 heterocycles. The summed E-state index contributed by atoms with van der Waals surface area (Å²) in [6.07, 6.45) is -1.74. The van der Waals surface area contributed by atoms with Crippen molar-refractivity contribution in [2.75, 3.05) is 57.7 Å². The highest BCUT2D eigenvalue weighted by Gasteiger charge is 2.35. The maximum Gasteiger partial charge on any atom is 0.418 e. The van der Waals surface area contributed by atoms with E-state index in [2.05, 4.69) is 20.2 Å². The van der Waals surface area contributed by atoms with Gasteiger partial charge in [-0.1, -0.05) is 23.2 Å². The van der Waals surface area contributed by atoms with Gasteiger partial charge in [0.1, 0.15) is 18.1 Å². The van der Waals surface area contributed by atoms with Gasteiger partial charge >= 0.3 is 6.18 Å². The first kappa shape index (κ1) is 27.9. The quantitative estimate of drug-likeness (QED) is 0.358. The van der Waals surface area contributed by atoms with Gasteiger partial charge in [-0.3, -0.25) is 0 Å². The van der Waals surface area contributed by atoms with E-state index in [1.54, 1.807) is 17.0 Å². The minimum atomic E-state index is -4.51. The van der Waals surface area contributed by atoms with Crippen LogP contribution in [0.5, 0.6) is 17.2 Å². The van der Waals surface area contributed by atoms with E-state index < -0.39 is 11.7 Å². The molecule has 0 aliphatic carbocycles. The number of ether oxygens (including phenoxy) is 3. The number of likely N-dealkylation sites (N-methyl/N-ethyl adjacent to an activating group) is 1. The fourth-order valence-corrected chi connectivity index (χ4v) is 4.58. The molecule has 1 aliphatic rings.